The summed E-state index contributed by atoms with van der Waals surface area (Å²) < 4.78 is 18.6. The summed E-state index contributed by atoms with van der Waals surface area (Å²) in [5.41, 5.74) is 1.80. The van der Waals surface area contributed by atoms with E-state index in [2.05, 4.69) is 5.43 Å². The van der Waals surface area contributed by atoms with Gasteiger partial charge >= 0.3 is 5.97 Å². The van der Waals surface area contributed by atoms with Gasteiger partial charge in [-0.3, -0.25) is 5.84 Å². The quantitative estimate of drug-likeness (QED) is 0.488. The maximum absolute atomic E-state index is 13.7. The number of carbonyl (C=O) groups excluding carboxylic acids is 1. The number of nitrogens with one attached hydrogen (secondary N) is 1. The number of hydrazine groups is 1. The van der Waals surface area contributed by atoms with Gasteiger partial charge in [0.25, 0.3) is 0 Å². The third kappa shape index (κ3) is 2.62. The van der Waals surface area contributed by atoms with Crippen LogP contribution in [0.15, 0.2) is 12.1 Å². The van der Waals surface area contributed by atoms with Crippen LogP contribution in [0, 0.1) is 5.82 Å². The Hall–Kier alpha value is -1.33. The highest BCUT2D eigenvalue weighted by Crippen LogP contribution is 2.26. The normalized spacial score (nSPS) is 10.4. The Morgan fingerprint density at radius 3 is 2.69 bits per heavy atom. The van der Waals surface area contributed by atoms with Gasteiger partial charge in [-0.1, -0.05) is 11.6 Å². The van der Waals surface area contributed by atoms with E-state index in [1.54, 1.807) is 13.8 Å². The van der Waals surface area contributed by atoms with E-state index in [1.807, 2.05) is 0 Å². The van der Waals surface area contributed by atoms with Gasteiger partial charge in [0.05, 0.1) is 16.8 Å². The molecule has 0 bridgehead atoms. The maximum atomic E-state index is 13.7. The number of benzene rings is 1. The first-order valence-corrected chi connectivity index (χ1v) is 5.00. The van der Waals surface area contributed by atoms with E-state index in [-0.39, 0.29) is 22.4 Å². The lowest BCUT2D eigenvalue weighted by Crippen LogP contribution is -2.16. The molecule has 0 aromatic heterocycles. The average Bonchev–Trinajstić information content (AvgIpc) is 2.16. The minimum Gasteiger partial charge on any atom is -0.459 e. The van der Waals surface area contributed by atoms with Crippen molar-refractivity contribution in [1.29, 1.82) is 0 Å². The average molecular weight is 247 g/mol. The summed E-state index contributed by atoms with van der Waals surface area (Å²) in [6.07, 6.45) is -0.350. The van der Waals surface area contributed by atoms with Crippen LogP contribution in [0.3, 0.4) is 0 Å². The third-order valence-corrected chi connectivity index (χ3v) is 2.11. The van der Waals surface area contributed by atoms with E-state index in [9.17, 15) is 9.18 Å². The molecule has 0 radical (unpaired) electrons. The molecule has 0 fully saturated rings. The summed E-state index contributed by atoms with van der Waals surface area (Å²) in [5.74, 6) is 3.46. The monoisotopic (exact) mass is 246 g/mol. The zero-order valence-electron chi connectivity index (χ0n) is 8.88. The number of hydrogen-bond donors (Lipinski definition) is 2. The molecule has 4 nitrogen and oxygen atoms in total. The number of nitrogen functional groups attached to an aromatic ring is 1. The predicted octanol–water partition coefficient (Wildman–Crippen LogP) is 2.33. The summed E-state index contributed by atoms with van der Waals surface area (Å²) in [6.45, 7) is 3.32. The van der Waals surface area contributed by atoms with Crippen LogP contribution in [0.5, 0.6) is 0 Å². The van der Waals surface area contributed by atoms with Gasteiger partial charge in [-0.15, -0.1) is 0 Å². The van der Waals surface area contributed by atoms with E-state index in [4.69, 9.17) is 22.2 Å². The van der Waals surface area contributed by atoms with Gasteiger partial charge in [0.15, 0.2) is 5.82 Å². The van der Waals surface area contributed by atoms with Crippen LogP contribution < -0.4 is 11.3 Å². The first-order chi connectivity index (χ1) is 7.47. The number of anilines is 1. The lowest BCUT2D eigenvalue weighted by Gasteiger charge is -2.11. The molecule has 0 saturated carbocycles. The minimum absolute atomic E-state index is 0.0119. The van der Waals surface area contributed by atoms with Gasteiger partial charge < -0.3 is 10.2 Å². The third-order valence-electron chi connectivity index (χ3n) is 1.79. The molecule has 6 heteroatoms. The van der Waals surface area contributed by atoms with Crippen LogP contribution in [-0.2, 0) is 4.74 Å². The van der Waals surface area contributed by atoms with E-state index in [0.29, 0.717) is 0 Å². The number of rotatable bonds is 3. The van der Waals surface area contributed by atoms with Crippen LogP contribution in [0.4, 0.5) is 10.1 Å². The maximum Gasteiger partial charge on any atom is 0.343 e. The predicted molar refractivity (Wildman–Crippen MR) is 59.8 cm³/mol. The van der Waals surface area contributed by atoms with Crippen molar-refractivity contribution in [3.63, 3.8) is 0 Å². The lowest BCUT2D eigenvalue weighted by atomic mass is 10.2. The van der Waals surface area contributed by atoms with Crippen molar-refractivity contribution < 1.29 is 13.9 Å². The van der Waals surface area contributed by atoms with Crippen LogP contribution in [0.2, 0.25) is 5.02 Å². The number of hydrogen-bond acceptors (Lipinski definition) is 4. The molecular weight excluding hydrogens is 235 g/mol. The van der Waals surface area contributed by atoms with Crippen LogP contribution in [0.1, 0.15) is 24.2 Å². The fourth-order valence-electron chi connectivity index (χ4n) is 1.12. The molecular formula is C10H12ClFN2O2. The summed E-state index contributed by atoms with van der Waals surface area (Å²) >= 11 is 5.73. The van der Waals surface area contributed by atoms with Crippen molar-refractivity contribution in [2.24, 2.45) is 5.84 Å². The Morgan fingerprint density at radius 1 is 1.56 bits per heavy atom. The second kappa shape index (κ2) is 5.14. The van der Waals surface area contributed by atoms with Crippen LogP contribution in [0.25, 0.3) is 0 Å². The van der Waals surface area contributed by atoms with E-state index < -0.39 is 11.8 Å². The highest BCUT2D eigenvalue weighted by Gasteiger charge is 2.21. The molecule has 0 saturated heterocycles. The molecule has 16 heavy (non-hydrogen) atoms. The van der Waals surface area contributed by atoms with Crippen LogP contribution >= 0.6 is 11.6 Å². The molecule has 0 spiro atoms. The zero-order chi connectivity index (χ0) is 12.3. The van der Waals surface area contributed by atoms with Crippen molar-refractivity contribution in [2.75, 3.05) is 5.43 Å². The number of esters is 1. The minimum atomic E-state index is -0.819. The second-order valence-corrected chi connectivity index (χ2v) is 3.79. The van der Waals surface area contributed by atoms with E-state index >= 15 is 0 Å². The Bertz CT molecular complexity index is 410. The smallest absolute Gasteiger partial charge is 0.343 e. The molecule has 1 aromatic carbocycles. The molecule has 0 aliphatic heterocycles. The summed E-state index contributed by atoms with van der Waals surface area (Å²) in [5, 5.41) is -0.0119. The molecule has 1 aromatic rings. The molecule has 0 heterocycles. The van der Waals surface area contributed by atoms with Gasteiger partial charge in [-0.05, 0) is 26.0 Å². The molecule has 1 rings (SSSR count). The largest absolute Gasteiger partial charge is 0.459 e. The van der Waals surface area contributed by atoms with E-state index in [0.717, 1.165) is 0 Å². The number of halogens is 2. The summed E-state index contributed by atoms with van der Waals surface area (Å²) in [7, 11) is 0. The lowest BCUT2D eigenvalue weighted by molar-refractivity contribution is 0.0373. The molecule has 0 aliphatic carbocycles. The Labute approximate surface area is 97.5 Å². The SMILES string of the molecule is CC(C)OC(=O)c1c(Cl)ccc(NN)c1F. The number of ether oxygens (including phenoxy) is 1. The molecule has 3 N–H and O–H groups in total. The van der Waals surface area contributed by atoms with Crippen molar-refractivity contribution in [1.82, 2.24) is 0 Å². The first-order valence-electron chi connectivity index (χ1n) is 4.63. The second-order valence-electron chi connectivity index (χ2n) is 3.38. The zero-order valence-corrected chi connectivity index (χ0v) is 9.64. The van der Waals surface area contributed by atoms with Gasteiger partial charge in [-0.2, -0.15) is 0 Å². The first kappa shape index (κ1) is 12.7. The van der Waals surface area contributed by atoms with Gasteiger partial charge in [0.2, 0.25) is 0 Å². The number of carbonyl (C=O) groups is 1. The topological polar surface area (TPSA) is 64.3 Å². The van der Waals surface area contributed by atoms with E-state index in [1.165, 1.54) is 12.1 Å². The molecule has 88 valence electrons. The highest BCUT2D eigenvalue weighted by molar-refractivity contribution is 6.33. The Kier molecular flexibility index (Phi) is 4.09. The summed E-state index contributed by atoms with van der Waals surface area (Å²) in [6, 6.07) is 2.71. The highest BCUT2D eigenvalue weighted by atomic mass is 35.5. The fraction of sp³-hybridized carbons (Fsp3) is 0.300. The molecule has 0 aliphatic rings. The van der Waals surface area contributed by atoms with Crippen LogP contribution in [-0.4, -0.2) is 12.1 Å². The van der Waals surface area contributed by atoms with Crippen molar-refractivity contribution in [2.45, 2.75) is 20.0 Å². The standard InChI is InChI=1S/C10H12ClFN2O2/c1-5(2)16-10(15)8-6(11)3-4-7(14-13)9(8)12/h3-5,14H,13H2,1-2H3. The van der Waals surface area contributed by atoms with Crippen molar-refractivity contribution in [3.8, 4) is 0 Å². The summed E-state index contributed by atoms with van der Waals surface area (Å²) in [4.78, 5) is 11.5. The fourth-order valence-corrected chi connectivity index (χ4v) is 1.35. The van der Waals surface area contributed by atoms with Gasteiger partial charge in [0, 0.05) is 0 Å². The van der Waals surface area contributed by atoms with Crippen molar-refractivity contribution in [3.05, 3.63) is 28.5 Å². The van der Waals surface area contributed by atoms with Gasteiger partial charge in [0.1, 0.15) is 5.56 Å². The van der Waals surface area contributed by atoms with Gasteiger partial charge in [-0.25, -0.2) is 9.18 Å². The van der Waals surface area contributed by atoms with Crippen molar-refractivity contribution >= 4 is 23.3 Å². The molecule has 0 amide bonds. The molecule has 0 unspecified atom stereocenters. The Morgan fingerprint density at radius 2 is 2.19 bits per heavy atom. The molecule has 0 atom stereocenters. The number of nitrogens with two attached hydrogens (primary N) is 1. The Balaban J connectivity index is 3.16.